The summed E-state index contributed by atoms with van der Waals surface area (Å²) >= 11 is 0. The van der Waals surface area contributed by atoms with E-state index in [2.05, 4.69) is 10.4 Å². The number of halogens is 3. The largest absolute Gasteiger partial charge is 0.462 e. The maximum absolute atomic E-state index is 13.6. The van der Waals surface area contributed by atoms with Gasteiger partial charge in [-0.3, -0.25) is 0 Å². The van der Waals surface area contributed by atoms with Crippen LogP contribution in [0.15, 0.2) is 47.8 Å². The monoisotopic (exact) mass is 379 g/mol. The standard InChI is InChI=1S/C19H20F3N3O2/c1-11(2)10-27-18(26)16-12(3)24-15-8-9-23-25(15)17(16)13-6-4-5-7-14(13)19(20,21)22/h4-9,11,17,24H,10H2,1-3H3. The molecule has 1 aliphatic rings. The van der Waals surface area contributed by atoms with Crippen molar-refractivity contribution in [3.05, 3.63) is 58.9 Å². The second kappa shape index (κ2) is 7.09. The van der Waals surface area contributed by atoms with Crippen LogP contribution in [0.2, 0.25) is 0 Å². The first-order valence-corrected chi connectivity index (χ1v) is 8.54. The molecule has 0 amide bonds. The smallest absolute Gasteiger partial charge is 0.416 e. The van der Waals surface area contributed by atoms with E-state index in [1.54, 1.807) is 13.0 Å². The highest BCUT2D eigenvalue weighted by Crippen LogP contribution is 2.42. The third-order valence-corrected chi connectivity index (χ3v) is 4.24. The zero-order valence-corrected chi connectivity index (χ0v) is 15.2. The first-order chi connectivity index (χ1) is 12.7. The molecule has 144 valence electrons. The molecule has 5 nitrogen and oxygen atoms in total. The van der Waals surface area contributed by atoms with E-state index in [1.807, 2.05) is 13.8 Å². The van der Waals surface area contributed by atoms with Gasteiger partial charge in [0, 0.05) is 11.8 Å². The summed E-state index contributed by atoms with van der Waals surface area (Å²) in [6.45, 7) is 5.59. The molecule has 0 fully saturated rings. The lowest BCUT2D eigenvalue weighted by molar-refractivity contribution is -0.142. The van der Waals surface area contributed by atoms with E-state index in [0.29, 0.717) is 11.5 Å². The average molecular weight is 379 g/mol. The van der Waals surface area contributed by atoms with Crippen LogP contribution in [0.5, 0.6) is 0 Å². The van der Waals surface area contributed by atoms with Gasteiger partial charge in [-0.1, -0.05) is 32.0 Å². The Morgan fingerprint density at radius 3 is 2.67 bits per heavy atom. The van der Waals surface area contributed by atoms with Gasteiger partial charge in [0.2, 0.25) is 0 Å². The highest BCUT2D eigenvalue weighted by Gasteiger charge is 2.40. The minimum Gasteiger partial charge on any atom is -0.462 e. The van der Waals surface area contributed by atoms with Crippen LogP contribution in [-0.2, 0) is 15.7 Å². The van der Waals surface area contributed by atoms with Gasteiger partial charge in [-0.25, -0.2) is 9.48 Å². The van der Waals surface area contributed by atoms with Crippen LogP contribution in [0.4, 0.5) is 19.0 Å². The van der Waals surface area contributed by atoms with Crippen molar-refractivity contribution in [2.24, 2.45) is 5.92 Å². The molecular weight excluding hydrogens is 359 g/mol. The molecule has 0 radical (unpaired) electrons. The summed E-state index contributed by atoms with van der Waals surface area (Å²) in [6, 6.07) is 5.82. The van der Waals surface area contributed by atoms with E-state index in [9.17, 15) is 18.0 Å². The van der Waals surface area contributed by atoms with E-state index in [4.69, 9.17) is 4.74 Å². The molecule has 2 heterocycles. The Kier molecular flexibility index (Phi) is 4.99. The van der Waals surface area contributed by atoms with Gasteiger partial charge in [-0.05, 0) is 24.5 Å². The van der Waals surface area contributed by atoms with E-state index < -0.39 is 23.8 Å². The molecule has 1 atom stereocenters. The summed E-state index contributed by atoms with van der Waals surface area (Å²) in [7, 11) is 0. The number of rotatable bonds is 4. The molecule has 0 bridgehead atoms. The van der Waals surface area contributed by atoms with Crippen molar-refractivity contribution in [2.45, 2.75) is 33.0 Å². The Morgan fingerprint density at radius 2 is 2.00 bits per heavy atom. The highest BCUT2D eigenvalue weighted by molar-refractivity contribution is 5.92. The van der Waals surface area contributed by atoms with Gasteiger partial charge in [0.25, 0.3) is 0 Å². The van der Waals surface area contributed by atoms with Crippen LogP contribution in [0.25, 0.3) is 0 Å². The fourth-order valence-corrected chi connectivity index (χ4v) is 3.07. The summed E-state index contributed by atoms with van der Waals surface area (Å²) in [6.07, 6.45) is -3.09. The molecule has 1 unspecified atom stereocenters. The van der Waals surface area contributed by atoms with Crippen LogP contribution < -0.4 is 5.32 Å². The van der Waals surface area contributed by atoms with Gasteiger partial charge < -0.3 is 10.1 Å². The van der Waals surface area contributed by atoms with Gasteiger partial charge in [-0.2, -0.15) is 18.3 Å². The molecule has 1 aromatic carbocycles. The zero-order valence-electron chi connectivity index (χ0n) is 15.2. The second-order valence-corrected chi connectivity index (χ2v) is 6.80. The number of ether oxygens (including phenoxy) is 1. The minimum absolute atomic E-state index is 0.0488. The SMILES string of the molecule is CC1=C(C(=O)OCC(C)C)C(c2ccccc2C(F)(F)F)n2nccc2N1. The van der Waals surface area contributed by atoms with E-state index in [1.165, 1.54) is 29.1 Å². The molecule has 2 aromatic rings. The average Bonchev–Trinajstić information content (AvgIpc) is 3.05. The second-order valence-electron chi connectivity index (χ2n) is 6.80. The number of anilines is 1. The number of fused-ring (bicyclic) bond motifs is 1. The number of esters is 1. The van der Waals surface area contributed by atoms with Crippen molar-refractivity contribution in [1.82, 2.24) is 9.78 Å². The Morgan fingerprint density at radius 1 is 1.30 bits per heavy atom. The fourth-order valence-electron chi connectivity index (χ4n) is 3.07. The summed E-state index contributed by atoms with van der Waals surface area (Å²) in [5.41, 5.74) is -0.296. The predicted octanol–water partition coefficient (Wildman–Crippen LogP) is 4.39. The van der Waals surface area contributed by atoms with Crippen molar-refractivity contribution in [3.8, 4) is 0 Å². The summed E-state index contributed by atoms with van der Waals surface area (Å²) in [5.74, 6) is -0.0423. The van der Waals surface area contributed by atoms with Crippen LogP contribution >= 0.6 is 0 Å². The Balaban J connectivity index is 2.15. The Bertz CT molecular complexity index is 884. The first-order valence-electron chi connectivity index (χ1n) is 8.54. The lowest BCUT2D eigenvalue weighted by atomic mass is 9.91. The van der Waals surface area contributed by atoms with Crippen molar-refractivity contribution < 1.29 is 22.7 Å². The van der Waals surface area contributed by atoms with Crippen molar-refractivity contribution in [2.75, 3.05) is 11.9 Å². The molecule has 1 aromatic heterocycles. The molecule has 27 heavy (non-hydrogen) atoms. The lowest BCUT2D eigenvalue weighted by Crippen LogP contribution is -2.31. The minimum atomic E-state index is -4.56. The first kappa shape index (κ1) is 19.0. The van der Waals surface area contributed by atoms with Gasteiger partial charge >= 0.3 is 12.1 Å². The maximum Gasteiger partial charge on any atom is 0.416 e. The maximum atomic E-state index is 13.6. The fraction of sp³-hybridized carbons (Fsp3) is 0.368. The number of carbonyl (C=O) groups excluding carboxylic acids is 1. The van der Waals surface area contributed by atoms with Gasteiger partial charge in [0.15, 0.2) is 0 Å². The van der Waals surface area contributed by atoms with Crippen LogP contribution in [-0.4, -0.2) is 22.4 Å². The predicted molar refractivity (Wildman–Crippen MR) is 93.9 cm³/mol. The molecule has 3 rings (SSSR count). The molecule has 0 saturated carbocycles. The molecule has 1 aliphatic heterocycles. The number of hydrogen-bond acceptors (Lipinski definition) is 4. The summed E-state index contributed by atoms with van der Waals surface area (Å²) in [4.78, 5) is 12.7. The van der Waals surface area contributed by atoms with Crippen LogP contribution in [0, 0.1) is 5.92 Å². The van der Waals surface area contributed by atoms with E-state index in [0.717, 1.165) is 6.07 Å². The summed E-state index contributed by atoms with van der Waals surface area (Å²) in [5, 5.41) is 7.16. The zero-order chi connectivity index (χ0) is 19.8. The van der Waals surface area contributed by atoms with E-state index >= 15 is 0 Å². The normalized spacial score (nSPS) is 16.9. The third-order valence-electron chi connectivity index (χ3n) is 4.24. The number of aromatic nitrogens is 2. The van der Waals surface area contributed by atoms with Crippen LogP contribution in [0.3, 0.4) is 0 Å². The van der Waals surface area contributed by atoms with Gasteiger partial charge in [0.05, 0.1) is 23.9 Å². The van der Waals surface area contributed by atoms with Gasteiger partial charge in [0.1, 0.15) is 11.9 Å². The van der Waals surface area contributed by atoms with Crippen LogP contribution in [0.1, 0.15) is 37.9 Å². The van der Waals surface area contributed by atoms with Crippen molar-refractivity contribution in [3.63, 3.8) is 0 Å². The number of benzene rings is 1. The molecule has 8 heteroatoms. The number of nitrogens with zero attached hydrogens (tertiary/aromatic N) is 2. The Hall–Kier alpha value is -2.77. The number of allylic oxidation sites excluding steroid dienone is 1. The topological polar surface area (TPSA) is 56.2 Å². The third kappa shape index (κ3) is 3.70. The van der Waals surface area contributed by atoms with E-state index in [-0.39, 0.29) is 23.7 Å². The molecule has 0 spiro atoms. The van der Waals surface area contributed by atoms with Crippen molar-refractivity contribution >= 4 is 11.8 Å². The molecule has 1 N–H and O–H groups in total. The molecule has 0 aliphatic carbocycles. The number of nitrogens with one attached hydrogen (secondary N) is 1. The Labute approximate surface area is 154 Å². The highest BCUT2D eigenvalue weighted by atomic mass is 19.4. The molecular formula is C19H20F3N3O2. The number of carbonyl (C=O) groups is 1. The lowest BCUT2D eigenvalue weighted by Gasteiger charge is -2.30. The quantitative estimate of drug-likeness (QED) is 0.801. The van der Waals surface area contributed by atoms with Gasteiger partial charge in [-0.15, -0.1) is 0 Å². The van der Waals surface area contributed by atoms with Crippen molar-refractivity contribution in [1.29, 1.82) is 0 Å². The number of alkyl halides is 3. The number of hydrogen-bond donors (Lipinski definition) is 1. The molecule has 0 saturated heterocycles. The summed E-state index contributed by atoms with van der Waals surface area (Å²) < 4.78 is 47.5.